The predicted molar refractivity (Wildman–Crippen MR) is 103 cm³/mol. The van der Waals surface area contributed by atoms with Crippen molar-refractivity contribution < 1.29 is 35.8 Å². The van der Waals surface area contributed by atoms with Crippen LogP contribution in [0.1, 0.15) is 5.56 Å². The molecule has 12 heteroatoms. The van der Waals surface area contributed by atoms with E-state index in [-0.39, 0.29) is 31.1 Å². The number of rotatable bonds is 6. The summed E-state index contributed by atoms with van der Waals surface area (Å²) >= 11 is 5.79. The first kappa shape index (κ1) is 23.3. The molecule has 166 valence electrons. The average Bonchev–Trinajstić information content (AvgIpc) is 2.66. The number of halogens is 5. The first-order valence-electron chi connectivity index (χ1n) is 8.69. The van der Waals surface area contributed by atoms with Gasteiger partial charge in [0.25, 0.3) is 0 Å². The summed E-state index contributed by atoms with van der Waals surface area (Å²) in [5, 5.41) is 9.15. The van der Waals surface area contributed by atoms with Crippen LogP contribution < -0.4 is 4.74 Å². The molecule has 1 N–H and O–H groups in total. The molecule has 0 saturated carbocycles. The van der Waals surface area contributed by atoms with Crippen molar-refractivity contribution in [2.24, 2.45) is 5.41 Å². The highest BCUT2D eigenvalue weighted by Gasteiger charge is 2.49. The van der Waals surface area contributed by atoms with Gasteiger partial charge in [-0.25, -0.2) is 17.7 Å². The van der Waals surface area contributed by atoms with Crippen molar-refractivity contribution in [3.63, 3.8) is 0 Å². The Hall–Kier alpha value is -2.39. The van der Waals surface area contributed by atoms with Crippen LogP contribution in [-0.2, 0) is 16.2 Å². The minimum atomic E-state index is -4.67. The van der Waals surface area contributed by atoms with Gasteiger partial charge in [0.1, 0.15) is 16.5 Å². The van der Waals surface area contributed by atoms with Crippen LogP contribution in [0.4, 0.5) is 23.2 Å². The molecule has 2 aromatic rings. The molecule has 0 amide bonds. The standard InChI is InChI=1S/C19H15ClF4N2O4S/c1-25-16-4-3-13(7-15(16)21)30-11-18(10-27)8-26(9-18)31(28,29)17-5-2-12(6-14(17)20)19(22,23)24/h2-7,27H,8-11H2. The SMILES string of the molecule is [C-]#[N+]c1ccc(OCC2(CO)CN(S(=O)(=O)c3ccc(C(F)(F)F)cc3Cl)C2)cc1F. The third-order valence-corrected chi connectivity index (χ3v) is 7.10. The topological polar surface area (TPSA) is 71.2 Å². The maximum absolute atomic E-state index is 13.7. The minimum Gasteiger partial charge on any atom is -0.493 e. The fraction of sp³-hybridized carbons (Fsp3) is 0.316. The van der Waals surface area contributed by atoms with Gasteiger partial charge in [0, 0.05) is 19.2 Å². The number of alkyl halides is 3. The predicted octanol–water partition coefficient (Wildman–Crippen LogP) is 4.11. The quantitative estimate of drug-likeness (QED) is 0.501. The number of benzene rings is 2. The van der Waals surface area contributed by atoms with Crippen LogP contribution in [0.2, 0.25) is 5.02 Å². The van der Waals surface area contributed by atoms with Crippen molar-refractivity contribution in [1.29, 1.82) is 0 Å². The van der Waals surface area contributed by atoms with E-state index < -0.39 is 49.5 Å². The number of aliphatic hydroxyl groups is 1. The van der Waals surface area contributed by atoms with Gasteiger partial charge in [-0.3, -0.25) is 0 Å². The van der Waals surface area contributed by atoms with Gasteiger partial charge in [0.2, 0.25) is 15.7 Å². The van der Waals surface area contributed by atoms with Crippen molar-refractivity contribution in [1.82, 2.24) is 4.31 Å². The Balaban J connectivity index is 1.71. The van der Waals surface area contributed by atoms with E-state index >= 15 is 0 Å². The van der Waals surface area contributed by atoms with Gasteiger partial charge >= 0.3 is 6.18 Å². The van der Waals surface area contributed by atoms with Crippen molar-refractivity contribution in [3.8, 4) is 5.75 Å². The smallest absolute Gasteiger partial charge is 0.416 e. The normalized spacial score (nSPS) is 16.4. The second-order valence-corrected chi connectivity index (χ2v) is 9.40. The molecule has 31 heavy (non-hydrogen) atoms. The molecule has 1 saturated heterocycles. The van der Waals surface area contributed by atoms with Crippen molar-refractivity contribution in [3.05, 3.63) is 64.2 Å². The van der Waals surface area contributed by atoms with E-state index in [1.807, 2.05) is 0 Å². The summed E-state index contributed by atoms with van der Waals surface area (Å²) in [7, 11) is -4.20. The maximum Gasteiger partial charge on any atom is 0.416 e. The summed E-state index contributed by atoms with van der Waals surface area (Å²) in [6.45, 7) is 5.88. The summed E-state index contributed by atoms with van der Waals surface area (Å²) in [5.74, 6) is -0.676. The number of sulfonamides is 1. The average molecular weight is 479 g/mol. The van der Waals surface area contributed by atoms with Crippen molar-refractivity contribution >= 4 is 27.3 Å². The monoisotopic (exact) mass is 478 g/mol. The fourth-order valence-electron chi connectivity index (χ4n) is 3.04. The molecule has 0 atom stereocenters. The number of hydrogen-bond donors (Lipinski definition) is 1. The second kappa shape index (κ2) is 8.27. The molecule has 1 heterocycles. The Kier molecular flexibility index (Phi) is 6.21. The lowest BCUT2D eigenvalue weighted by atomic mass is 9.83. The Morgan fingerprint density at radius 1 is 1.23 bits per heavy atom. The van der Waals surface area contributed by atoms with Crippen LogP contribution in [0.3, 0.4) is 0 Å². The Bertz CT molecular complexity index is 1140. The Labute approximate surface area is 180 Å². The third kappa shape index (κ3) is 4.62. The summed E-state index contributed by atoms with van der Waals surface area (Å²) in [4.78, 5) is 2.51. The molecule has 6 nitrogen and oxygen atoms in total. The highest BCUT2D eigenvalue weighted by Crippen LogP contribution is 2.39. The number of hydrogen-bond acceptors (Lipinski definition) is 4. The van der Waals surface area contributed by atoms with Crippen LogP contribution in [0.15, 0.2) is 41.3 Å². The lowest BCUT2D eigenvalue weighted by Crippen LogP contribution is -2.62. The van der Waals surface area contributed by atoms with Gasteiger partial charge in [-0.1, -0.05) is 11.6 Å². The number of aliphatic hydroxyl groups excluding tert-OH is 1. The van der Waals surface area contributed by atoms with Crippen LogP contribution in [0.25, 0.3) is 4.85 Å². The minimum absolute atomic E-state index is 0.102. The molecule has 0 unspecified atom stereocenters. The molecule has 0 bridgehead atoms. The molecule has 1 fully saturated rings. The van der Waals surface area contributed by atoms with E-state index in [0.29, 0.717) is 12.1 Å². The molecule has 0 spiro atoms. The highest BCUT2D eigenvalue weighted by molar-refractivity contribution is 7.89. The van der Waals surface area contributed by atoms with E-state index in [9.17, 15) is 31.1 Å². The maximum atomic E-state index is 13.7. The molecule has 2 aromatic carbocycles. The van der Waals surface area contributed by atoms with Crippen LogP contribution >= 0.6 is 11.6 Å². The van der Waals surface area contributed by atoms with E-state index in [1.54, 1.807) is 0 Å². The summed E-state index contributed by atoms with van der Waals surface area (Å²) in [6, 6.07) is 5.57. The van der Waals surface area contributed by atoms with Crippen molar-refractivity contribution in [2.45, 2.75) is 11.1 Å². The highest BCUT2D eigenvalue weighted by atomic mass is 35.5. The van der Waals surface area contributed by atoms with Crippen molar-refractivity contribution in [2.75, 3.05) is 26.3 Å². The van der Waals surface area contributed by atoms with Gasteiger partial charge in [-0.15, -0.1) is 0 Å². The van der Waals surface area contributed by atoms with Crippen LogP contribution in [0.5, 0.6) is 5.75 Å². The molecular formula is C19H15ClF4N2O4S. The Morgan fingerprint density at radius 3 is 2.42 bits per heavy atom. The van der Waals surface area contributed by atoms with E-state index in [4.69, 9.17) is 22.9 Å². The van der Waals surface area contributed by atoms with Crippen LogP contribution in [0, 0.1) is 17.8 Å². The first-order chi connectivity index (χ1) is 14.4. The van der Waals surface area contributed by atoms with Crippen LogP contribution in [-0.4, -0.2) is 44.1 Å². The van der Waals surface area contributed by atoms with Gasteiger partial charge < -0.3 is 9.84 Å². The summed E-state index contributed by atoms with van der Waals surface area (Å²) in [5.41, 5.74) is -2.24. The lowest BCUT2D eigenvalue weighted by molar-refractivity contribution is -0.137. The molecule has 0 radical (unpaired) electrons. The van der Waals surface area contributed by atoms with Gasteiger partial charge in [0.15, 0.2) is 0 Å². The zero-order chi connectivity index (χ0) is 23.0. The number of ether oxygens (including phenoxy) is 1. The van der Waals surface area contributed by atoms with E-state index in [1.165, 1.54) is 12.1 Å². The van der Waals surface area contributed by atoms with Gasteiger partial charge in [-0.05, 0) is 30.3 Å². The first-order valence-corrected chi connectivity index (χ1v) is 10.5. The lowest BCUT2D eigenvalue weighted by Gasteiger charge is -2.47. The zero-order valence-corrected chi connectivity index (χ0v) is 17.2. The number of nitrogens with zero attached hydrogens (tertiary/aromatic N) is 2. The molecule has 1 aliphatic heterocycles. The largest absolute Gasteiger partial charge is 0.493 e. The van der Waals surface area contributed by atoms with Gasteiger partial charge in [-0.2, -0.15) is 17.5 Å². The summed E-state index contributed by atoms with van der Waals surface area (Å²) in [6.07, 6.45) is -4.67. The molecule has 0 aliphatic carbocycles. The molecule has 1 aliphatic rings. The fourth-order valence-corrected chi connectivity index (χ4v) is 5.22. The van der Waals surface area contributed by atoms with Gasteiger partial charge in [0.05, 0.1) is 35.8 Å². The Morgan fingerprint density at radius 2 is 1.90 bits per heavy atom. The zero-order valence-electron chi connectivity index (χ0n) is 15.7. The molecular weight excluding hydrogens is 464 g/mol. The molecule has 0 aromatic heterocycles. The van der Waals surface area contributed by atoms with E-state index in [0.717, 1.165) is 16.4 Å². The summed E-state index contributed by atoms with van der Waals surface area (Å²) < 4.78 is 83.9. The second-order valence-electron chi connectivity index (χ2n) is 7.09. The van der Waals surface area contributed by atoms with E-state index in [2.05, 4.69) is 4.85 Å². The third-order valence-electron chi connectivity index (χ3n) is 4.82. The molecule has 3 rings (SSSR count).